The number of piperidine rings is 1. The van der Waals surface area contributed by atoms with Crippen molar-refractivity contribution in [1.29, 1.82) is 0 Å². The van der Waals surface area contributed by atoms with Crippen LogP contribution in [0.1, 0.15) is 39.5 Å². The second-order valence-electron chi connectivity index (χ2n) is 6.65. The summed E-state index contributed by atoms with van der Waals surface area (Å²) in [7, 11) is 1.68. The molecule has 7 heteroatoms. The number of hydrogen-bond acceptors (Lipinski definition) is 4. The smallest absolute Gasteiger partial charge is 0.227 e. The van der Waals surface area contributed by atoms with Crippen molar-refractivity contribution < 1.29 is 9.53 Å². The monoisotopic (exact) mass is 405 g/mol. The summed E-state index contributed by atoms with van der Waals surface area (Å²) >= 11 is 0. The summed E-state index contributed by atoms with van der Waals surface area (Å²) in [4.78, 5) is 15.1. The zero-order chi connectivity index (χ0) is 17.6. The number of anilines is 1. The Morgan fingerprint density at radius 3 is 2.62 bits per heavy atom. The first-order valence-electron chi connectivity index (χ1n) is 8.98. The number of nitrogens with zero attached hydrogens (tertiary/aromatic N) is 1. The molecule has 3 N–H and O–H groups in total. The zero-order valence-electron chi connectivity index (χ0n) is 16.0. The van der Waals surface area contributed by atoms with Gasteiger partial charge in [-0.25, -0.2) is 0 Å². The summed E-state index contributed by atoms with van der Waals surface area (Å²) < 4.78 is 5.32. The molecule has 1 aliphatic heterocycles. The number of ether oxygens (including phenoxy) is 1. The van der Waals surface area contributed by atoms with Crippen molar-refractivity contribution in [2.75, 3.05) is 31.6 Å². The molecule has 1 aromatic rings. The van der Waals surface area contributed by atoms with Crippen molar-refractivity contribution in [2.24, 2.45) is 11.1 Å². The number of benzene rings is 1. The second kappa shape index (κ2) is 11.5. The molecule has 1 aromatic carbocycles. The SMILES string of the molecule is CCC(CC)(CN)C(=O)NC1CCCN(c2cccc(OC)c2)C1.Cl.Cl. The highest BCUT2D eigenvalue weighted by molar-refractivity contribution is 5.85. The maximum atomic E-state index is 12.7. The van der Waals surface area contributed by atoms with Crippen molar-refractivity contribution in [3.8, 4) is 5.75 Å². The van der Waals surface area contributed by atoms with Crippen LogP contribution >= 0.6 is 24.8 Å². The number of nitrogens with two attached hydrogens (primary N) is 1. The van der Waals surface area contributed by atoms with Crippen molar-refractivity contribution >= 4 is 36.4 Å². The topological polar surface area (TPSA) is 67.6 Å². The second-order valence-corrected chi connectivity index (χ2v) is 6.65. The molecule has 1 fully saturated rings. The highest BCUT2D eigenvalue weighted by Gasteiger charge is 2.35. The third kappa shape index (κ3) is 5.66. The number of rotatable bonds is 7. The van der Waals surface area contributed by atoms with E-state index in [9.17, 15) is 4.79 Å². The number of hydrogen-bond donors (Lipinski definition) is 2. The average Bonchev–Trinajstić information content (AvgIpc) is 2.64. The van der Waals surface area contributed by atoms with Crippen LogP contribution in [0.25, 0.3) is 0 Å². The lowest BCUT2D eigenvalue weighted by atomic mass is 9.81. The average molecular weight is 406 g/mol. The minimum Gasteiger partial charge on any atom is -0.497 e. The van der Waals surface area contributed by atoms with E-state index in [-0.39, 0.29) is 36.8 Å². The van der Waals surface area contributed by atoms with Crippen molar-refractivity contribution in [3.05, 3.63) is 24.3 Å². The summed E-state index contributed by atoms with van der Waals surface area (Å²) in [6.07, 6.45) is 3.63. The fraction of sp³-hybridized carbons (Fsp3) is 0.632. The molecule has 1 amide bonds. The van der Waals surface area contributed by atoms with Gasteiger partial charge in [0.25, 0.3) is 0 Å². The molecule has 1 unspecified atom stereocenters. The van der Waals surface area contributed by atoms with Crippen molar-refractivity contribution in [2.45, 2.75) is 45.6 Å². The Hall–Kier alpha value is -1.17. The van der Waals surface area contributed by atoms with Crippen molar-refractivity contribution in [3.63, 3.8) is 0 Å². The van der Waals surface area contributed by atoms with Crippen LogP contribution in [-0.2, 0) is 4.79 Å². The van der Waals surface area contributed by atoms with Crippen LogP contribution in [0.4, 0.5) is 5.69 Å². The molecule has 1 aliphatic rings. The van der Waals surface area contributed by atoms with Gasteiger partial charge in [0.05, 0.1) is 12.5 Å². The predicted molar refractivity (Wildman–Crippen MR) is 113 cm³/mol. The van der Waals surface area contributed by atoms with Crippen LogP contribution in [0.5, 0.6) is 5.75 Å². The van der Waals surface area contributed by atoms with Crippen molar-refractivity contribution in [1.82, 2.24) is 5.32 Å². The van der Waals surface area contributed by atoms with Gasteiger partial charge in [0.15, 0.2) is 0 Å². The van der Waals surface area contributed by atoms with Gasteiger partial charge in [0, 0.05) is 37.4 Å². The van der Waals surface area contributed by atoms with Crippen LogP contribution in [0.15, 0.2) is 24.3 Å². The summed E-state index contributed by atoms with van der Waals surface area (Å²) in [5.41, 5.74) is 6.61. The molecule has 1 heterocycles. The lowest BCUT2D eigenvalue weighted by molar-refractivity contribution is -0.131. The van der Waals surface area contributed by atoms with Gasteiger partial charge in [-0.1, -0.05) is 19.9 Å². The Bertz CT molecular complexity index is 545. The normalized spacial score (nSPS) is 16.9. The molecular formula is C19H33Cl2N3O2. The van der Waals surface area contributed by atoms with E-state index < -0.39 is 5.41 Å². The standard InChI is InChI=1S/C19H31N3O2.2ClH/c1-4-19(5-2,14-20)18(23)21-15-8-7-11-22(13-15)16-9-6-10-17(12-16)24-3;;/h6,9-10,12,15H,4-5,7-8,11,13-14,20H2,1-3H3,(H,21,23);2*1H. The third-order valence-electron chi connectivity index (χ3n) is 5.40. The lowest BCUT2D eigenvalue weighted by Gasteiger charge is -2.37. The van der Waals surface area contributed by atoms with Crippen LogP contribution < -0.4 is 20.7 Å². The molecule has 0 aliphatic carbocycles. The van der Waals surface area contributed by atoms with Crippen LogP contribution in [-0.4, -0.2) is 38.7 Å². The Morgan fingerprint density at radius 1 is 1.35 bits per heavy atom. The highest BCUT2D eigenvalue weighted by atomic mass is 35.5. The number of carbonyl (C=O) groups is 1. The number of methoxy groups -OCH3 is 1. The van der Waals surface area contributed by atoms with Gasteiger partial charge in [-0.05, 0) is 37.8 Å². The van der Waals surface area contributed by atoms with Crippen LogP contribution in [0, 0.1) is 5.41 Å². The summed E-state index contributed by atoms with van der Waals surface area (Å²) in [5, 5.41) is 3.25. The number of halogens is 2. The van der Waals surface area contributed by atoms with Gasteiger partial charge in [-0.2, -0.15) is 0 Å². The molecule has 0 spiro atoms. The van der Waals surface area contributed by atoms with E-state index in [2.05, 4.69) is 16.3 Å². The van der Waals surface area contributed by atoms with E-state index in [1.165, 1.54) is 0 Å². The summed E-state index contributed by atoms with van der Waals surface area (Å²) in [6.45, 7) is 6.31. The Labute approximate surface area is 169 Å². The molecule has 1 saturated heterocycles. The Balaban J connectivity index is 0.00000312. The van der Waals surface area contributed by atoms with Gasteiger partial charge in [-0.3, -0.25) is 4.79 Å². The first-order chi connectivity index (χ1) is 11.6. The zero-order valence-corrected chi connectivity index (χ0v) is 17.6. The van der Waals surface area contributed by atoms with Gasteiger partial charge in [0.1, 0.15) is 5.75 Å². The van der Waals surface area contributed by atoms with E-state index in [1.807, 2.05) is 32.0 Å². The molecule has 26 heavy (non-hydrogen) atoms. The van der Waals surface area contributed by atoms with Crippen LogP contribution in [0.3, 0.4) is 0 Å². The fourth-order valence-electron chi connectivity index (χ4n) is 3.43. The Kier molecular flexibility index (Phi) is 11.0. The van der Waals surface area contributed by atoms with E-state index >= 15 is 0 Å². The highest BCUT2D eigenvalue weighted by Crippen LogP contribution is 2.27. The first kappa shape index (κ1) is 24.8. The molecule has 1 atom stereocenters. The maximum absolute atomic E-state index is 12.7. The number of nitrogens with one attached hydrogen (secondary N) is 1. The molecular weight excluding hydrogens is 373 g/mol. The van der Waals surface area contributed by atoms with E-state index in [1.54, 1.807) is 7.11 Å². The van der Waals surface area contributed by atoms with Gasteiger partial charge < -0.3 is 20.7 Å². The summed E-state index contributed by atoms with van der Waals surface area (Å²) in [5.74, 6) is 0.963. The van der Waals surface area contributed by atoms with Crippen LogP contribution in [0.2, 0.25) is 0 Å². The predicted octanol–water partition coefficient (Wildman–Crippen LogP) is 3.39. The minimum absolute atomic E-state index is 0. The minimum atomic E-state index is -0.432. The quantitative estimate of drug-likeness (QED) is 0.729. The summed E-state index contributed by atoms with van der Waals surface area (Å²) in [6, 6.07) is 8.26. The molecule has 2 rings (SSSR count). The first-order valence-corrected chi connectivity index (χ1v) is 8.98. The van der Waals surface area contributed by atoms with E-state index in [4.69, 9.17) is 10.5 Å². The molecule has 5 nitrogen and oxygen atoms in total. The van der Waals surface area contributed by atoms with Gasteiger partial charge in [0.2, 0.25) is 5.91 Å². The fourth-order valence-corrected chi connectivity index (χ4v) is 3.43. The van der Waals surface area contributed by atoms with Gasteiger partial charge in [-0.15, -0.1) is 24.8 Å². The van der Waals surface area contributed by atoms with E-state index in [0.717, 1.165) is 50.2 Å². The number of amides is 1. The van der Waals surface area contributed by atoms with E-state index in [0.29, 0.717) is 6.54 Å². The lowest BCUT2D eigenvalue weighted by Crippen LogP contribution is -2.53. The Morgan fingerprint density at radius 2 is 2.04 bits per heavy atom. The largest absolute Gasteiger partial charge is 0.497 e. The molecule has 0 radical (unpaired) electrons. The molecule has 0 bridgehead atoms. The molecule has 150 valence electrons. The number of carbonyl (C=O) groups excluding carboxylic acids is 1. The molecule has 0 saturated carbocycles. The maximum Gasteiger partial charge on any atom is 0.227 e. The molecule has 0 aromatic heterocycles. The third-order valence-corrected chi connectivity index (χ3v) is 5.40. The van der Waals surface area contributed by atoms with Gasteiger partial charge >= 0.3 is 0 Å².